The molecule has 0 bridgehead atoms. The van der Waals surface area contributed by atoms with Crippen LogP contribution >= 0.6 is 11.6 Å². The first-order valence-electron chi connectivity index (χ1n) is 10.1. The minimum absolute atomic E-state index is 0.421. The van der Waals surface area contributed by atoms with Gasteiger partial charge in [-0.2, -0.15) is 0 Å². The van der Waals surface area contributed by atoms with Crippen LogP contribution in [-0.4, -0.2) is 4.98 Å². The molecule has 4 aromatic carbocycles. The van der Waals surface area contributed by atoms with Crippen molar-refractivity contribution in [2.24, 2.45) is 0 Å². The van der Waals surface area contributed by atoms with Gasteiger partial charge in [0.25, 0.3) is 0 Å². The smallest absolute Gasteiger partial charge is 0.0714 e. The Morgan fingerprint density at radius 3 is 2.30 bits per heavy atom. The Morgan fingerprint density at radius 1 is 0.600 bits per heavy atom. The summed E-state index contributed by atoms with van der Waals surface area (Å²) in [5.74, 6) is 0. The average Bonchev–Trinajstić information content (AvgIpc) is 3.09. The van der Waals surface area contributed by atoms with Gasteiger partial charge in [0.2, 0.25) is 0 Å². The van der Waals surface area contributed by atoms with Crippen molar-refractivity contribution in [1.29, 1.82) is 0 Å². The molecule has 1 unspecified atom stereocenters. The zero-order valence-corrected chi connectivity index (χ0v) is 17.0. The van der Waals surface area contributed by atoms with Crippen molar-refractivity contribution < 1.29 is 0 Å². The third-order valence-electron chi connectivity index (χ3n) is 6.29. The van der Waals surface area contributed by atoms with Gasteiger partial charge in [-0.15, -0.1) is 0 Å². The van der Waals surface area contributed by atoms with Crippen molar-refractivity contribution in [3.05, 3.63) is 137 Å². The van der Waals surface area contributed by atoms with E-state index in [4.69, 9.17) is 11.6 Å². The van der Waals surface area contributed by atoms with Crippen molar-refractivity contribution in [1.82, 2.24) is 4.98 Å². The van der Waals surface area contributed by atoms with Crippen LogP contribution < -0.4 is 0 Å². The molecule has 0 radical (unpaired) electrons. The summed E-state index contributed by atoms with van der Waals surface area (Å²) in [5, 5.41) is 3.08. The molecular formula is C28H18ClN. The van der Waals surface area contributed by atoms with E-state index in [-0.39, 0.29) is 0 Å². The van der Waals surface area contributed by atoms with Crippen molar-refractivity contribution in [2.45, 2.75) is 5.41 Å². The highest BCUT2D eigenvalue weighted by molar-refractivity contribution is 6.30. The molecule has 0 saturated carbocycles. The van der Waals surface area contributed by atoms with Gasteiger partial charge in [0.15, 0.2) is 0 Å². The molecule has 1 aliphatic rings. The molecule has 1 heterocycles. The van der Waals surface area contributed by atoms with E-state index in [1.165, 1.54) is 38.8 Å². The first kappa shape index (κ1) is 17.4. The summed E-state index contributed by atoms with van der Waals surface area (Å²) in [6.45, 7) is 0. The zero-order chi connectivity index (χ0) is 20.1. The number of pyridine rings is 1. The fourth-order valence-corrected chi connectivity index (χ4v) is 5.22. The van der Waals surface area contributed by atoms with Crippen LogP contribution in [0.4, 0.5) is 0 Å². The summed E-state index contributed by atoms with van der Waals surface area (Å²) in [5.41, 5.74) is 7.09. The minimum Gasteiger partial charge on any atom is -0.264 e. The van der Waals surface area contributed by atoms with E-state index >= 15 is 0 Å². The van der Waals surface area contributed by atoms with E-state index < -0.39 is 5.41 Å². The third-order valence-corrected chi connectivity index (χ3v) is 6.52. The molecule has 0 aliphatic heterocycles. The van der Waals surface area contributed by atoms with Gasteiger partial charge in [0, 0.05) is 22.8 Å². The number of fused-ring (bicyclic) bond motifs is 4. The zero-order valence-electron chi connectivity index (χ0n) is 16.2. The van der Waals surface area contributed by atoms with Crippen molar-refractivity contribution in [3.8, 4) is 11.1 Å². The van der Waals surface area contributed by atoms with Crippen molar-refractivity contribution >= 4 is 22.4 Å². The van der Waals surface area contributed by atoms with Crippen LogP contribution in [0.3, 0.4) is 0 Å². The molecule has 0 N–H and O–H groups in total. The maximum absolute atomic E-state index is 6.56. The lowest BCUT2D eigenvalue weighted by atomic mass is 9.67. The molecule has 0 amide bonds. The van der Waals surface area contributed by atoms with Crippen LogP contribution in [0.15, 0.2) is 109 Å². The summed E-state index contributed by atoms with van der Waals surface area (Å²) in [4.78, 5) is 4.28. The Bertz CT molecular complexity index is 1410. The van der Waals surface area contributed by atoms with Gasteiger partial charge in [-0.25, -0.2) is 0 Å². The molecule has 5 aromatic rings. The predicted molar refractivity (Wildman–Crippen MR) is 124 cm³/mol. The molecule has 142 valence electrons. The highest BCUT2D eigenvalue weighted by Gasteiger charge is 2.46. The summed E-state index contributed by atoms with van der Waals surface area (Å²) in [6.07, 6.45) is 3.77. The number of aromatic nitrogens is 1. The van der Waals surface area contributed by atoms with E-state index in [2.05, 4.69) is 96.0 Å². The lowest BCUT2D eigenvalue weighted by Crippen LogP contribution is -2.28. The van der Waals surface area contributed by atoms with E-state index in [1.54, 1.807) is 0 Å². The number of benzene rings is 4. The highest BCUT2D eigenvalue weighted by atomic mass is 35.5. The maximum atomic E-state index is 6.56. The van der Waals surface area contributed by atoms with Crippen LogP contribution in [0.5, 0.6) is 0 Å². The molecule has 1 aromatic heterocycles. The Morgan fingerprint density at radius 2 is 1.40 bits per heavy atom. The molecule has 1 aliphatic carbocycles. The molecule has 2 heteroatoms. The van der Waals surface area contributed by atoms with Gasteiger partial charge in [0.1, 0.15) is 0 Å². The predicted octanol–water partition coefficient (Wildman–Crippen LogP) is 7.25. The van der Waals surface area contributed by atoms with Crippen LogP contribution in [-0.2, 0) is 5.41 Å². The summed E-state index contributed by atoms with van der Waals surface area (Å²) >= 11 is 6.56. The minimum atomic E-state index is -0.421. The lowest BCUT2D eigenvalue weighted by Gasteiger charge is -2.34. The quantitative estimate of drug-likeness (QED) is 0.296. The maximum Gasteiger partial charge on any atom is 0.0714 e. The number of halogens is 1. The largest absolute Gasteiger partial charge is 0.264 e. The highest BCUT2D eigenvalue weighted by Crippen LogP contribution is 2.56. The molecule has 6 rings (SSSR count). The topological polar surface area (TPSA) is 12.9 Å². The van der Waals surface area contributed by atoms with Gasteiger partial charge in [-0.3, -0.25) is 4.98 Å². The SMILES string of the molecule is Clc1ccc2c(c1)C(c1ccccc1)(c1ccc3cnccc3c1)c1ccccc1-2. The lowest BCUT2D eigenvalue weighted by molar-refractivity contribution is 0.770. The Kier molecular flexibility index (Phi) is 3.81. The van der Waals surface area contributed by atoms with Crippen LogP contribution in [0, 0.1) is 0 Å². The van der Waals surface area contributed by atoms with Gasteiger partial charge in [-0.1, -0.05) is 84.4 Å². The monoisotopic (exact) mass is 403 g/mol. The van der Waals surface area contributed by atoms with Crippen molar-refractivity contribution in [3.63, 3.8) is 0 Å². The second-order valence-corrected chi connectivity index (χ2v) is 8.23. The number of rotatable bonds is 2. The number of nitrogens with zero attached hydrogens (tertiary/aromatic N) is 1. The van der Waals surface area contributed by atoms with Gasteiger partial charge < -0.3 is 0 Å². The molecule has 0 saturated heterocycles. The molecule has 30 heavy (non-hydrogen) atoms. The van der Waals surface area contributed by atoms with Crippen LogP contribution in [0.1, 0.15) is 22.3 Å². The van der Waals surface area contributed by atoms with Crippen LogP contribution in [0.25, 0.3) is 21.9 Å². The Hall–Kier alpha value is -3.42. The molecular weight excluding hydrogens is 386 g/mol. The molecule has 1 nitrogen and oxygen atoms in total. The molecule has 0 fully saturated rings. The first-order chi connectivity index (χ1) is 14.8. The Balaban J connectivity index is 1.80. The molecule has 0 spiro atoms. The third kappa shape index (κ3) is 2.33. The van der Waals surface area contributed by atoms with E-state index in [0.717, 1.165) is 10.4 Å². The van der Waals surface area contributed by atoms with E-state index in [1.807, 2.05) is 18.5 Å². The standard InChI is InChI=1S/C28H18ClN/c29-23-12-13-25-24-8-4-5-9-26(24)28(27(25)17-23,21-6-2-1-3-7-21)22-11-10-20-18-30-15-14-19(20)16-22/h1-18H. The van der Waals surface area contributed by atoms with Crippen LogP contribution in [0.2, 0.25) is 5.02 Å². The Labute approximate surface area is 180 Å². The average molecular weight is 404 g/mol. The molecule has 1 atom stereocenters. The summed E-state index contributed by atoms with van der Waals surface area (Å²) in [7, 11) is 0. The van der Waals surface area contributed by atoms with E-state index in [9.17, 15) is 0 Å². The number of hydrogen-bond donors (Lipinski definition) is 0. The van der Waals surface area contributed by atoms with Gasteiger partial charge in [-0.05, 0) is 63.0 Å². The summed E-state index contributed by atoms with van der Waals surface area (Å²) in [6, 6.07) is 34.6. The van der Waals surface area contributed by atoms with Crippen molar-refractivity contribution in [2.75, 3.05) is 0 Å². The second kappa shape index (κ2) is 6.55. The summed E-state index contributed by atoms with van der Waals surface area (Å²) < 4.78 is 0. The number of hydrogen-bond acceptors (Lipinski definition) is 1. The normalized spacial score (nSPS) is 17.0. The fourth-order valence-electron chi connectivity index (χ4n) is 5.05. The van der Waals surface area contributed by atoms with Gasteiger partial charge in [0.05, 0.1) is 5.41 Å². The first-order valence-corrected chi connectivity index (χ1v) is 10.5. The second-order valence-electron chi connectivity index (χ2n) is 7.79. The van der Waals surface area contributed by atoms with Gasteiger partial charge >= 0.3 is 0 Å². The fraction of sp³-hybridized carbons (Fsp3) is 0.0357. The van der Waals surface area contributed by atoms with E-state index in [0.29, 0.717) is 0 Å².